The molecule has 0 aliphatic rings. The van der Waals surface area contributed by atoms with E-state index in [1.807, 2.05) is 72.8 Å². The van der Waals surface area contributed by atoms with Crippen molar-refractivity contribution in [1.82, 2.24) is 20.2 Å². The number of anilines is 2. The Labute approximate surface area is 250 Å². The van der Waals surface area contributed by atoms with E-state index in [-0.39, 0.29) is 23.3 Å². The number of carbonyl (C=O) groups excluding carboxylic acids is 2. The zero-order chi connectivity index (χ0) is 28.3. The third kappa shape index (κ3) is 9.24. The molecule has 41 heavy (non-hydrogen) atoms. The van der Waals surface area contributed by atoms with Gasteiger partial charge in [0.2, 0.25) is 11.8 Å². The molecule has 0 saturated carbocycles. The molecule has 0 unspecified atom stereocenters. The molecular weight excluding hydrogens is 573 g/mol. The summed E-state index contributed by atoms with van der Waals surface area (Å²) >= 11 is 4.01. The fourth-order valence-corrected chi connectivity index (χ4v) is 6.47. The van der Waals surface area contributed by atoms with Crippen molar-refractivity contribution >= 4 is 58.0 Å². The van der Waals surface area contributed by atoms with E-state index in [9.17, 15) is 9.59 Å². The number of thioether (sulfide) groups is 2. The lowest BCUT2D eigenvalue weighted by atomic mass is 10.1. The second-order valence-corrected chi connectivity index (χ2v) is 12.4. The number of pyridine rings is 2. The van der Waals surface area contributed by atoms with Crippen molar-refractivity contribution in [3.05, 3.63) is 120 Å². The number of amides is 2. The van der Waals surface area contributed by atoms with E-state index in [4.69, 9.17) is 0 Å². The fourth-order valence-electron chi connectivity index (χ4n) is 3.85. The van der Waals surface area contributed by atoms with Gasteiger partial charge in [0.25, 0.3) is 0 Å². The van der Waals surface area contributed by atoms with Crippen LogP contribution in [0.25, 0.3) is 0 Å². The summed E-state index contributed by atoms with van der Waals surface area (Å²) in [5.41, 5.74) is 6.18. The Balaban J connectivity index is 1.01. The summed E-state index contributed by atoms with van der Waals surface area (Å²) in [5, 5.41) is 14.1. The minimum Gasteiger partial charge on any atom is -0.325 e. The number of nitrogens with zero attached hydrogens (tertiary/aromatic N) is 4. The highest BCUT2D eigenvalue weighted by molar-refractivity contribution is 8.03. The Morgan fingerprint density at radius 1 is 0.561 bits per heavy atom. The van der Waals surface area contributed by atoms with Gasteiger partial charge < -0.3 is 10.6 Å². The summed E-state index contributed by atoms with van der Waals surface area (Å²) in [5.74, 6) is 0.200. The van der Waals surface area contributed by atoms with Gasteiger partial charge in [0, 0.05) is 36.2 Å². The molecule has 8 nitrogen and oxygen atoms in total. The van der Waals surface area contributed by atoms with Gasteiger partial charge in [-0.25, -0.2) is 0 Å². The van der Waals surface area contributed by atoms with Crippen molar-refractivity contribution in [2.75, 3.05) is 22.1 Å². The third-order valence-electron chi connectivity index (χ3n) is 5.83. The molecule has 0 atom stereocenters. The van der Waals surface area contributed by atoms with E-state index < -0.39 is 0 Å². The quantitative estimate of drug-likeness (QED) is 0.169. The SMILES string of the molecule is O=C(CSc1nnc(SCC(=O)Nc2ccc(Cc3ccncc3)cc2)s1)Nc1ccc(Cc2ccncc2)cc1. The van der Waals surface area contributed by atoms with Crippen LogP contribution in [0.5, 0.6) is 0 Å². The van der Waals surface area contributed by atoms with Crippen molar-refractivity contribution in [1.29, 1.82) is 0 Å². The van der Waals surface area contributed by atoms with Gasteiger partial charge in [-0.2, -0.15) is 0 Å². The van der Waals surface area contributed by atoms with E-state index in [1.165, 1.54) is 46.0 Å². The van der Waals surface area contributed by atoms with Crippen LogP contribution in [-0.4, -0.2) is 43.5 Å². The predicted molar refractivity (Wildman–Crippen MR) is 166 cm³/mol. The highest BCUT2D eigenvalue weighted by atomic mass is 32.2. The van der Waals surface area contributed by atoms with Gasteiger partial charge in [-0.05, 0) is 83.6 Å². The molecule has 11 heteroatoms. The van der Waals surface area contributed by atoms with Crippen LogP contribution in [0.4, 0.5) is 11.4 Å². The minimum absolute atomic E-state index is 0.118. The highest BCUT2D eigenvalue weighted by Crippen LogP contribution is 2.29. The standard InChI is InChI=1S/C30H26N6O2S3/c37-27(33-25-5-1-21(2-6-25)17-23-9-13-31-14-10-23)19-39-29-35-36-30(41-29)40-20-28(38)34-26-7-3-22(4-8-26)18-24-11-15-32-16-12-24/h1-16H,17-20H2,(H,33,37)(H,34,38). The van der Waals surface area contributed by atoms with Crippen molar-refractivity contribution in [2.24, 2.45) is 0 Å². The summed E-state index contributed by atoms with van der Waals surface area (Å²) in [4.78, 5) is 32.9. The lowest BCUT2D eigenvalue weighted by Gasteiger charge is -2.06. The molecule has 0 radical (unpaired) electrons. The molecule has 0 fully saturated rings. The molecule has 0 aliphatic heterocycles. The molecule has 3 aromatic heterocycles. The average Bonchev–Trinajstić information content (AvgIpc) is 3.46. The average molecular weight is 599 g/mol. The van der Waals surface area contributed by atoms with Crippen LogP contribution in [0, 0.1) is 0 Å². The monoisotopic (exact) mass is 598 g/mol. The van der Waals surface area contributed by atoms with Crippen molar-refractivity contribution in [3.63, 3.8) is 0 Å². The fraction of sp³-hybridized carbons (Fsp3) is 0.133. The molecule has 2 N–H and O–H groups in total. The Kier molecular flexibility index (Phi) is 10.1. The number of aromatic nitrogens is 4. The molecule has 2 amide bonds. The molecular formula is C30H26N6O2S3. The van der Waals surface area contributed by atoms with Crippen LogP contribution in [0.1, 0.15) is 22.3 Å². The Morgan fingerprint density at radius 3 is 1.32 bits per heavy atom. The molecule has 206 valence electrons. The Hall–Kier alpha value is -4.06. The first-order valence-electron chi connectivity index (χ1n) is 12.7. The summed E-state index contributed by atoms with van der Waals surface area (Å²) in [6, 6.07) is 23.6. The Bertz CT molecular complexity index is 1450. The molecule has 0 aliphatic carbocycles. The topological polar surface area (TPSA) is 110 Å². The minimum atomic E-state index is -0.118. The largest absolute Gasteiger partial charge is 0.325 e. The van der Waals surface area contributed by atoms with Gasteiger partial charge >= 0.3 is 0 Å². The number of nitrogens with one attached hydrogen (secondary N) is 2. The van der Waals surface area contributed by atoms with Gasteiger partial charge in [-0.3, -0.25) is 19.6 Å². The van der Waals surface area contributed by atoms with E-state index in [2.05, 4.69) is 30.8 Å². The van der Waals surface area contributed by atoms with Crippen LogP contribution in [0.15, 0.2) is 106 Å². The van der Waals surface area contributed by atoms with Gasteiger partial charge in [-0.1, -0.05) is 59.1 Å². The smallest absolute Gasteiger partial charge is 0.234 e. The first-order chi connectivity index (χ1) is 20.1. The number of benzene rings is 2. The maximum Gasteiger partial charge on any atom is 0.234 e. The van der Waals surface area contributed by atoms with Gasteiger partial charge in [0.1, 0.15) is 0 Å². The maximum absolute atomic E-state index is 12.4. The van der Waals surface area contributed by atoms with E-state index >= 15 is 0 Å². The van der Waals surface area contributed by atoms with E-state index in [0.717, 1.165) is 35.3 Å². The van der Waals surface area contributed by atoms with E-state index in [0.29, 0.717) is 8.68 Å². The number of hydrogen-bond acceptors (Lipinski definition) is 9. The van der Waals surface area contributed by atoms with Crippen LogP contribution in [-0.2, 0) is 22.4 Å². The zero-order valence-electron chi connectivity index (χ0n) is 21.9. The lowest BCUT2D eigenvalue weighted by molar-refractivity contribution is -0.114. The number of rotatable bonds is 12. The zero-order valence-corrected chi connectivity index (χ0v) is 24.3. The lowest BCUT2D eigenvalue weighted by Crippen LogP contribution is -2.13. The second-order valence-electron chi connectivity index (χ2n) is 8.97. The van der Waals surface area contributed by atoms with Crippen LogP contribution in [0.2, 0.25) is 0 Å². The highest BCUT2D eigenvalue weighted by Gasteiger charge is 2.11. The van der Waals surface area contributed by atoms with Crippen LogP contribution >= 0.6 is 34.9 Å². The normalized spacial score (nSPS) is 10.7. The molecule has 5 rings (SSSR count). The number of carbonyl (C=O) groups is 2. The third-order valence-corrected chi connectivity index (χ3v) is 9.02. The summed E-state index contributed by atoms with van der Waals surface area (Å²) in [7, 11) is 0. The van der Waals surface area contributed by atoms with Crippen LogP contribution in [0.3, 0.4) is 0 Å². The van der Waals surface area contributed by atoms with Crippen molar-refractivity contribution in [3.8, 4) is 0 Å². The summed E-state index contributed by atoms with van der Waals surface area (Å²) in [6.07, 6.45) is 8.75. The Morgan fingerprint density at radius 2 is 0.927 bits per heavy atom. The molecule has 3 heterocycles. The first-order valence-corrected chi connectivity index (χ1v) is 15.5. The number of hydrogen-bond donors (Lipinski definition) is 2. The summed E-state index contributed by atoms with van der Waals surface area (Å²) in [6.45, 7) is 0. The maximum atomic E-state index is 12.4. The van der Waals surface area contributed by atoms with Gasteiger partial charge in [0.15, 0.2) is 8.68 Å². The van der Waals surface area contributed by atoms with Gasteiger partial charge in [-0.15, -0.1) is 10.2 Å². The summed E-state index contributed by atoms with van der Waals surface area (Å²) < 4.78 is 1.36. The van der Waals surface area contributed by atoms with Crippen molar-refractivity contribution < 1.29 is 9.59 Å². The predicted octanol–water partition coefficient (Wildman–Crippen LogP) is 5.97. The second kappa shape index (κ2) is 14.5. The first kappa shape index (κ1) is 28.5. The molecule has 2 aromatic carbocycles. The molecule has 0 bridgehead atoms. The van der Waals surface area contributed by atoms with Gasteiger partial charge in [0.05, 0.1) is 11.5 Å². The molecule has 0 saturated heterocycles. The molecule has 5 aromatic rings. The molecule has 0 spiro atoms. The van der Waals surface area contributed by atoms with E-state index in [1.54, 1.807) is 24.8 Å². The van der Waals surface area contributed by atoms with Crippen LogP contribution < -0.4 is 10.6 Å². The van der Waals surface area contributed by atoms with Crippen molar-refractivity contribution in [2.45, 2.75) is 21.5 Å².